The van der Waals surface area contributed by atoms with Gasteiger partial charge in [0.05, 0.1) is 0 Å². The lowest BCUT2D eigenvalue weighted by Gasteiger charge is -2.14. The summed E-state index contributed by atoms with van der Waals surface area (Å²) in [6.45, 7) is 8.36. The van der Waals surface area contributed by atoms with Crippen LogP contribution in [0.3, 0.4) is 0 Å². The molecule has 0 unspecified atom stereocenters. The molecule has 2 heteroatoms. The Morgan fingerprint density at radius 2 is 1.77 bits per heavy atom. The summed E-state index contributed by atoms with van der Waals surface area (Å²) in [5.41, 5.74) is 10.2. The standard InChI is InChI=1S/C11H18N2/c1-7(2)13-11-6-8(3)10(12)5-9(11)4/h5-7,13H,12H2,1-4H3. The molecule has 0 aromatic heterocycles. The normalized spacial score (nSPS) is 10.5. The minimum absolute atomic E-state index is 0.460. The molecule has 2 nitrogen and oxygen atoms in total. The quantitative estimate of drug-likeness (QED) is 0.683. The molecule has 0 amide bonds. The van der Waals surface area contributed by atoms with Gasteiger partial charge in [0.2, 0.25) is 0 Å². The molecular weight excluding hydrogens is 160 g/mol. The van der Waals surface area contributed by atoms with Gasteiger partial charge in [-0.2, -0.15) is 0 Å². The Morgan fingerprint density at radius 3 is 2.31 bits per heavy atom. The molecule has 0 radical (unpaired) electrons. The van der Waals surface area contributed by atoms with Crippen LogP contribution in [0.15, 0.2) is 12.1 Å². The molecule has 13 heavy (non-hydrogen) atoms. The van der Waals surface area contributed by atoms with E-state index in [1.165, 1.54) is 11.3 Å². The smallest absolute Gasteiger partial charge is 0.0376 e. The zero-order valence-corrected chi connectivity index (χ0v) is 8.81. The fourth-order valence-electron chi connectivity index (χ4n) is 1.31. The highest BCUT2D eigenvalue weighted by Crippen LogP contribution is 2.22. The molecule has 0 fully saturated rings. The summed E-state index contributed by atoms with van der Waals surface area (Å²) in [7, 11) is 0. The number of benzene rings is 1. The molecular formula is C11H18N2. The Labute approximate surface area is 80.1 Å². The third-order valence-electron chi connectivity index (χ3n) is 2.06. The fourth-order valence-corrected chi connectivity index (χ4v) is 1.31. The van der Waals surface area contributed by atoms with Crippen molar-refractivity contribution in [1.82, 2.24) is 0 Å². The van der Waals surface area contributed by atoms with Crippen LogP contribution in [0.1, 0.15) is 25.0 Å². The van der Waals surface area contributed by atoms with Crippen LogP contribution in [0.4, 0.5) is 11.4 Å². The molecule has 1 aromatic rings. The van der Waals surface area contributed by atoms with E-state index in [-0.39, 0.29) is 0 Å². The van der Waals surface area contributed by atoms with Gasteiger partial charge in [-0.1, -0.05) is 0 Å². The van der Waals surface area contributed by atoms with Gasteiger partial charge in [-0.05, 0) is 51.0 Å². The summed E-state index contributed by atoms with van der Waals surface area (Å²) in [4.78, 5) is 0. The largest absolute Gasteiger partial charge is 0.399 e. The SMILES string of the molecule is Cc1cc(NC(C)C)c(C)cc1N. The molecule has 1 rings (SSSR count). The van der Waals surface area contributed by atoms with Crippen LogP contribution in [-0.4, -0.2) is 6.04 Å². The van der Waals surface area contributed by atoms with Gasteiger partial charge >= 0.3 is 0 Å². The summed E-state index contributed by atoms with van der Waals surface area (Å²) >= 11 is 0. The van der Waals surface area contributed by atoms with Gasteiger partial charge in [-0.3, -0.25) is 0 Å². The van der Waals surface area contributed by atoms with Crippen LogP contribution in [0, 0.1) is 13.8 Å². The zero-order valence-electron chi connectivity index (χ0n) is 8.81. The number of hydrogen-bond acceptors (Lipinski definition) is 2. The lowest BCUT2D eigenvalue weighted by Crippen LogP contribution is -2.11. The third kappa shape index (κ3) is 2.38. The highest BCUT2D eigenvalue weighted by molar-refractivity contribution is 5.61. The van der Waals surface area contributed by atoms with Crippen LogP contribution in [0.2, 0.25) is 0 Å². The van der Waals surface area contributed by atoms with E-state index in [9.17, 15) is 0 Å². The van der Waals surface area contributed by atoms with E-state index in [0.717, 1.165) is 11.3 Å². The topological polar surface area (TPSA) is 38.0 Å². The molecule has 0 saturated carbocycles. The summed E-state index contributed by atoms with van der Waals surface area (Å²) < 4.78 is 0. The molecule has 0 heterocycles. The fraction of sp³-hybridized carbons (Fsp3) is 0.455. The molecule has 0 bridgehead atoms. The Hall–Kier alpha value is -1.18. The van der Waals surface area contributed by atoms with Crippen molar-refractivity contribution in [1.29, 1.82) is 0 Å². The molecule has 0 spiro atoms. The average Bonchev–Trinajstić information content (AvgIpc) is 1.99. The van der Waals surface area contributed by atoms with E-state index in [4.69, 9.17) is 5.73 Å². The maximum absolute atomic E-state index is 5.79. The van der Waals surface area contributed by atoms with E-state index in [2.05, 4.69) is 32.2 Å². The number of rotatable bonds is 2. The predicted octanol–water partition coefficient (Wildman–Crippen LogP) is 2.71. The summed E-state index contributed by atoms with van der Waals surface area (Å²) in [6, 6.07) is 4.58. The van der Waals surface area contributed by atoms with Gasteiger partial charge in [0.1, 0.15) is 0 Å². The lowest BCUT2D eigenvalue weighted by molar-refractivity contribution is 0.897. The first-order valence-electron chi connectivity index (χ1n) is 4.64. The maximum atomic E-state index is 5.79. The minimum Gasteiger partial charge on any atom is -0.399 e. The lowest BCUT2D eigenvalue weighted by atomic mass is 10.1. The van der Waals surface area contributed by atoms with Crippen LogP contribution >= 0.6 is 0 Å². The van der Waals surface area contributed by atoms with Gasteiger partial charge in [0, 0.05) is 17.4 Å². The number of aryl methyl sites for hydroxylation is 2. The van der Waals surface area contributed by atoms with Gasteiger partial charge in [-0.25, -0.2) is 0 Å². The van der Waals surface area contributed by atoms with E-state index < -0.39 is 0 Å². The third-order valence-corrected chi connectivity index (χ3v) is 2.06. The van der Waals surface area contributed by atoms with E-state index in [0.29, 0.717) is 6.04 Å². The summed E-state index contributed by atoms with van der Waals surface area (Å²) in [5.74, 6) is 0. The van der Waals surface area contributed by atoms with Crippen molar-refractivity contribution >= 4 is 11.4 Å². The second-order valence-electron chi connectivity index (χ2n) is 3.82. The van der Waals surface area contributed by atoms with Crippen molar-refractivity contribution in [3.05, 3.63) is 23.3 Å². The highest BCUT2D eigenvalue weighted by atomic mass is 14.9. The Bertz CT molecular complexity index is 303. The first kappa shape index (κ1) is 9.90. The Morgan fingerprint density at radius 1 is 1.15 bits per heavy atom. The predicted molar refractivity (Wildman–Crippen MR) is 59.1 cm³/mol. The van der Waals surface area contributed by atoms with Gasteiger partial charge in [0.15, 0.2) is 0 Å². The maximum Gasteiger partial charge on any atom is 0.0376 e. The molecule has 72 valence electrons. The number of anilines is 2. The van der Waals surface area contributed by atoms with Gasteiger partial charge in [0.25, 0.3) is 0 Å². The molecule has 1 aromatic carbocycles. The number of nitrogen functional groups attached to an aromatic ring is 1. The Balaban J connectivity index is 3.01. The van der Waals surface area contributed by atoms with E-state index >= 15 is 0 Å². The number of hydrogen-bond donors (Lipinski definition) is 2. The van der Waals surface area contributed by atoms with Crippen LogP contribution in [0.5, 0.6) is 0 Å². The van der Waals surface area contributed by atoms with Crippen LogP contribution in [0.25, 0.3) is 0 Å². The monoisotopic (exact) mass is 178 g/mol. The summed E-state index contributed by atoms with van der Waals surface area (Å²) in [5, 5.41) is 3.39. The number of nitrogens with two attached hydrogens (primary N) is 1. The van der Waals surface area contributed by atoms with Crippen LogP contribution in [-0.2, 0) is 0 Å². The van der Waals surface area contributed by atoms with Crippen molar-refractivity contribution in [3.63, 3.8) is 0 Å². The average molecular weight is 178 g/mol. The van der Waals surface area contributed by atoms with Crippen molar-refractivity contribution in [3.8, 4) is 0 Å². The highest BCUT2D eigenvalue weighted by Gasteiger charge is 2.02. The molecule has 3 N–H and O–H groups in total. The molecule has 0 aliphatic carbocycles. The van der Waals surface area contributed by atoms with Crippen LogP contribution < -0.4 is 11.1 Å². The van der Waals surface area contributed by atoms with Crippen molar-refractivity contribution < 1.29 is 0 Å². The van der Waals surface area contributed by atoms with Crippen molar-refractivity contribution in [2.24, 2.45) is 0 Å². The van der Waals surface area contributed by atoms with Crippen molar-refractivity contribution in [2.45, 2.75) is 33.7 Å². The minimum atomic E-state index is 0.460. The molecule has 0 aliphatic rings. The first-order chi connectivity index (χ1) is 6.00. The van der Waals surface area contributed by atoms with E-state index in [1.807, 2.05) is 13.0 Å². The summed E-state index contributed by atoms with van der Waals surface area (Å²) in [6.07, 6.45) is 0. The molecule has 0 aliphatic heterocycles. The van der Waals surface area contributed by atoms with Gasteiger partial charge in [-0.15, -0.1) is 0 Å². The second kappa shape index (κ2) is 3.69. The van der Waals surface area contributed by atoms with E-state index in [1.54, 1.807) is 0 Å². The van der Waals surface area contributed by atoms with Crippen molar-refractivity contribution in [2.75, 3.05) is 11.1 Å². The molecule has 0 atom stereocenters. The second-order valence-corrected chi connectivity index (χ2v) is 3.82. The Kier molecular flexibility index (Phi) is 2.81. The zero-order chi connectivity index (χ0) is 10.0. The molecule has 0 saturated heterocycles. The van der Waals surface area contributed by atoms with Gasteiger partial charge < -0.3 is 11.1 Å². The first-order valence-corrected chi connectivity index (χ1v) is 4.64. The number of nitrogens with one attached hydrogen (secondary N) is 1.